The van der Waals surface area contributed by atoms with Gasteiger partial charge in [0, 0.05) is 18.0 Å². The first-order valence-electron chi connectivity index (χ1n) is 7.62. The number of hydrogen-bond acceptors (Lipinski definition) is 7. The van der Waals surface area contributed by atoms with Gasteiger partial charge in [-0.3, -0.25) is 4.68 Å². The van der Waals surface area contributed by atoms with Crippen molar-refractivity contribution in [3.8, 4) is 0 Å². The number of hydrogen-bond donors (Lipinski definition) is 0. The van der Waals surface area contributed by atoms with Gasteiger partial charge in [0.05, 0.1) is 24.6 Å². The number of nitrogens with zero attached hydrogens (tertiary/aromatic N) is 6. The van der Waals surface area contributed by atoms with Gasteiger partial charge in [-0.1, -0.05) is 0 Å². The van der Waals surface area contributed by atoms with Crippen LogP contribution in [0.15, 0.2) is 19.0 Å². The molecule has 1 fully saturated rings. The molecule has 1 atom stereocenters. The molecule has 4 rings (SSSR count). The lowest BCUT2D eigenvalue weighted by atomic mass is 10.2. The van der Waals surface area contributed by atoms with Gasteiger partial charge in [-0.05, 0) is 19.4 Å². The molecule has 120 valence electrons. The second-order valence-corrected chi connectivity index (χ2v) is 6.92. The van der Waals surface area contributed by atoms with E-state index in [1.54, 1.807) is 30.3 Å². The van der Waals surface area contributed by atoms with Crippen molar-refractivity contribution in [2.75, 3.05) is 24.6 Å². The van der Waals surface area contributed by atoms with Crippen molar-refractivity contribution in [3.05, 3.63) is 29.4 Å². The second kappa shape index (κ2) is 5.86. The predicted molar refractivity (Wildman–Crippen MR) is 88.9 cm³/mol. The van der Waals surface area contributed by atoms with Crippen molar-refractivity contribution in [1.82, 2.24) is 24.7 Å². The summed E-state index contributed by atoms with van der Waals surface area (Å²) in [6.07, 6.45) is 5.01. The summed E-state index contributed by atoms with van der Waals surface area (Å²) in [6, 6.07) is 0. The number of rotatable bonds is 3. The first-order valence-corrected chi connectivity index (χ1v) is 8.43. The Kier molecular flexibility index (Phi) is 3.70. The molecule has 0 N–H and O–H groups in total. The fraction of sp³-hybridized carbons (Fsp3) is 0.467. The Morgan fingerprint density at radius 2 is 2.22 bits per heavy atom. The Morgan fingerprint density at radius 1 is 1.30 bits per heavy atom. The zero-order valence-corrected chi connectivity index (χ0v) is 14.0. The van der Waals surface area contributed by atoms with Gasteiger partial charge >= 0.3 is 0 Å². The molecule has 0 unspecified atom stereocenters. The van der Waals surface area contributed by atoms with Crippen LogP contribution in [0.5, 0.6) is 0 Å². The number of morpholine rings is 1. The maximum atomic E-state index is 5.88. The topological polar surface area (TPSA) is 69.0 Å². The predicted octanol–water partition coefficient (Wildman–Crippen LogP) is 1.81. The normalized spacial score (nSPS) is 18.7. The highest BCUT2D eigenvalue weighted by Gasteiger charge is 2.25. The first kappa shape index (κ1) is 14.5. The Bertz CT molecular complexity index is 815. The molecule has 4 heterocycles. The van der Waals surface area contributed by atoms with Crippen LogP contribution in [-0.4, -0.2) is 50.5 Å². The highest BCUT2D eigenvalue weighted by molar-refractivity contribution is 7.18. The zero-order chi connectivity index (χ0) is 15.8. The van der Waals surface area contributed by atoms with E-state index < -0.39 is 0 Å². The van der Waals surface area contributed by atoms with Gasteiger partial charge in [0.15, 0.2) is 0 Å². The molecule has 3 aromatic rings. The molecule has 0 amide bonds. The third kappa shape index (κ3) is 2.68. The molecule has 0 bridgehead atoms. The average molecular weight is 330 g/mol. The number of aryl methyl sites for hydroxylation is 2. The molecule has 1 aliphatic heterocycles. The minimum atomic E-state index is 0.0792. The SMILES string of the molecule is Cc1sc2ncnc(N3CCO[C@H](Cn4cncn4)C3)c2c1C. The lowest BCUT2D eigenvalue weighted by Crippen LogP contribution is -2.44. The van der Waals surface area contributed by atoms with Crippen LogP contribution < -0.4 is 4.90 Å². The first-order chi connectivity index (χ1) is 11.2. The zero-order valence-electron chi connectivity index (χ0n) is 13.1. The Morgan fingerprint density at radius 3 is 3.04 bits per heavy atom. The van der Waals surface area contributed by atoms with Gasteiger partial charge in [-0.15, -0.1) is 11.3 Å². The smallest absolute Gasteiger partial charge is 0.141 e. The van der Waals surface area contributed by atoms with Crippen molar-refractivity contribution in [3.63, 3.8) is 0 Å². The molecule has 0 spiro atoms. The van der Waals surface area contributed by atoms with Gasteiger partial charge in [0.1, 0.15) is 29.6 Å². The van der Waals surface area contributed by atoms with Crippen LogP contribution in [0.25, 0.3) is 10.2 Å². The molecule has 3 aromatic heterocycles. The monoisotopic (exact) mass is 330 g/mol. The van der Waals surface area contributed by atoms with Gasteiger partial charge < -0.3 is 9.64 Å². The lowest BCUT2D eigenvalue weighted by Gasteiger charge is -2.34. The third-order valence-electron chi connectivity index (χ3n) is 4.24. The molecule has 7 nitrogen and oxygen atoms in total. The summed E-state index contributed by atoms with van der Waals surface area (Å²) >= 11 is 1.73. The van der Waals surface area contributed by atoms with E-state index in [9.17, 15) is 0 Å². The fourth-order valence-corrected chi connectivity index (χ4v) is 3.95. The van der Waals surface area contributed by atoms with E-state index in [1.165, 1.54) is 15.8 Å². The maximum Gasteiger partial charge on any atom is 0.141 e. The molecule has 0 saturated carbocycles. The van der Waals surface area contributed by atoms with Crippen LogP contribution in [0, 0.1) is 13.8 Å². The molecular formula is C15H18N6OS. The van der Waals surface area contributed by atoms with Gasteiger partial charge in [0.2, 0.25) is 0 Å². The molecule has 1 aliphatic rings. The van der Waals surface area contributed by atoms with Crippen LogP contribution in [0.2, 0.25) is 0 Å². The highest BCUT2D eigenvalue weighted by atomic mass is 32.1. The number of aromatic nitrogens is 5. The van der Waals surface area contributed by atoms with Crippen molar-refractivity contribution >= 4 is 27.4 Å². The molecule has 0 radical (unpaired) electrons. The molecular weight excluding hydrogens is 312 g/mol. The number of anilines is 1. The summed E-state index contributed by atoms with van der Waals surface area (Å²) < 4.78 is 7.69. The number of fused-ring (bicyclic) bond motifs is 1. The standard InChI is InChI=1S/C15H18N6OS/c1-10-11(2)23-15-13(10)14(17-8-18-15)20-3-4-22-12(5-20)6-21-9-16-7-19-21/h7-9,12H,3-6H2,1-2H3/t12-/m0/s1. The summed E-state index contributed by atoms with van der Waals surface area (Å²) in [7, 11) is 0. The van der Waals surface area contributed by atoms with Crippen LogP contribution >= 0.6 is 11.3 Å². The van der Waals surface area contributed by atoms with E-state index in [-0.39, 0.29) is 6.10 Å². The molecule has 0 aliphatic carbocycles. The second-order valence-electron chi connectivity index (χ2n) is 5.72. The number of thiophene rings is 1. The number of ether oxygens (including phenoxy) is 1. The summed E-state index contributed by atoms with van der Waals surface area (Å²) in [5, 5.41) is 5.34. The van der Waals surface area contributed by atoms with Crippen molar-refractivity contribution < 1.29 is 4.74 Å². The summed E-state index contributed by atoms with van der Waals surface area (Å²) in [4.78, 5) is 17.6. The maximum absolute atomic E-state index is 5.88. The minimum Gasteiger partial charge on any atom is -0.373 e. The van der Waals surface area contributed by atoms with E-state index in [4.69, 9.17) is 4.74 Å². The van der Waals surface area contributed by atoms with E-state index in [2.05, 4.69) is 38.8 Å². The molecule has 23 heavy (non-hydrogen) atoms. The van der Waals surface area contributed by atoms with E-state index in [0.29, 0.717) is 13.2 Å². The van der Waals surface area contributed by atoms with E-state index in [1.807, 2.05) is 4.68 Å². The van der Waals surface area contributed by atoms with Crippen LogP contribution in [0.3, 0.4) is 0 Å². The lowest BCUT2D eigenvalue weighted by molar-refractivity contribution is 0.0272. The fourth-order valence-electron chi connectivity index (χ4n) is 2.96. The van der Waals surface area contributed by atoms with Crippen LogP contribution in [0.1, 0.15) is 10.4 Å². The molecule has 0 aromatic carbocycles. The summed E-state index contributed by atoms with van der Waals surface area (Å²) in [6.45, 7) is 7.31. The van der Waals surface area contributed by atoms with Gasteiger partial charge in [-0.25, -0.2) is 15.0 Å². The van der Waals surface area contributed by atoms with Gasteiger partial charge in [0.25, 0.3) is 0 Å². The minimum absolute atomic E-state index is 0.0792. The van der Waals surface area contributed by atoms with Gasteiger partial charge in [-0.2, -0.15) is 5.10 Å². The quantitative estimate of drug-likeness (QED) is 0.729. The van der Waals surface area contributed by atoms with E-state index in [0.717, 1.165) is 23.7 Å². The average Bonchev–Trinajstić information content (AvgIpc) is 3.16. The third-order valence-corrected chi connectivity index (χ3v) is 5.36. The van der Waals surface area contributed by atoms with Crippen molar-refractivity contribution in [2.45, 2.75) is 26.5 Å². The molecule has 1 saturated heterocycles. The summed E-state index contributed by atoms with van der Waals surface area (Å²) in [5.74, 6) is 1.02. The van der Waals surface area contributed by atoms with E-state index >= 15 is 0 Å². The Balaban J connectivity index is 1.62. The van der Waals surface area contributed by atoms with Crippen LogP contribution in [-0.2, 0) is 11.3 Å². The van der Waals surface area contributed by atoms with Crippen molar-refractivity contribution in [1.29, 1.82) is 0 Å². The largest absolute Gasteiger partial charge is 0.373 e. The summed E-state index contributed by atoms with van der Waals surface area (Å²) in [5.41, 5.74) is 1.28. The molecule has 8 heteroatoms. The van der Waals surface area contributed by atoms with Crippen molar-refractivity contribution in [2.24, 2.45) is 0 Å². The highest BCUT2D eigenvalue weighted by Crippen LogP contribution is 2.34. The Hall–Kier alpha value is -2.06. The van der Waals surface area contributed by atoms with Crippen LogP contribution in [0.4, 0.5) is 5.82 Å². The Labute approximate surface area is 137 Å².